The van der Waals surface area contributed by atoms with Gasteiger partial charge < -0.3 is 9.22 Å². The molecule has 76 valence electrons. The van der Waals surface area contributed by atoms with E-state index in [1.54, 1.807) is 0 Å². The number of rotatable bonds is 5. The van der Waals surface area contributed by atoms with E-state index < -0.39 is 0 Å². The van der Waals surface area contributed by atoms with E-state index in [1.165, 1.54) is 30.4 Å². The lowest BCUT2D eigenvalue weighted by Crippen LogP contribution is -2.43. The highest BCUT2D eigenvalue weighted by Gasteiger charge is 2.25. The molecule has 0 N–H and O–H groups in total. The molecule has 1 heterocycles. The van der Waals surface area contributed by atoms with Crippen molar-refractivity contribution in [2.24, 2.45) is 0 Å². The Morgan fingerprint density at radius 1 is 1.38 bits per heavy atom. The van der Waals surface area contributed by atoms with Crippen LogP contribution < -0.4 is 0 Å². The van der Waals surface area contributed by atoms with E-state index in [4.69, 9.17) is 4.74 Å². The second-order valence-corrected chi connectivity index (χ2v) is 4.51. The SMILES string of the molecule is C=C(C)COCC[N+]1(C)CCCC1. The van der Waals surface area contributed by atoms with Crippen LogP contribution in [0.2, 0.25) is 0 Å². The van der Waals surface area contributed by atoms with E-state index in [2.05, 4.69) is 13.6 Å². The number of nitrogens with zero attached hydrogens (tertiary/aromatic N) is 1. The number of hydrogen-bond donors (Lipinski definition) is 0. The van der Waals surface area contributed by atoms with Gasteiger partial charge in [-0.25, -0.2) is 0 Å². The van der Waals surface area contributed by atoms with Crippen LogP contribution in [0.15, 0.2) is 12.2 Å². The lowest BCUT2D eigenvalue weighted by atomic mass is 10.4. The highest BCUT2D eigenvalue weighted by atomic mass is 16.5. The molecule has 0 aliphatic carbocycles. The summed E-state index contributed by atoms with van der Waals surface area (Å²) in [6.45, 7) is 11.2. The Balaban J connectivity index is 2.07. The Kier molecular flexibility index (Phi) is 3.94. The molecule has 1 aliphatic rings. The zero-order valence-corrected chi connectivity index (χ0v) is 9.01. The summed E-state index contributed by atoms with van der Waals surface area (Å²) in [5, 5.41) is 0. The van der Waals surface area contributed by atoms with E-state index >= 15 is 0 Å². The van der Waals surface area contributed by atoms with Crippen LogP contribution in [0.4, 0.5) is 0 Å². The third kappa shape index (κ3) is 3.92. The van der Waals surface area contributed by atoms with Crippen molar-refractivity contribution < 1.29 is 9.22 Å². The van der Waals surface area contributed by atoms with Crippen LogP contribution in [0.1, 0.15) is 19.8 Å². The zero-order chi connectivity index (χ0) is 9.73. The summed E-state index contributed by atoms with van der Waals surface area (Å²) in [7, 11) is 2.33. The van der Waals surface area contributed by atoms with Gasteiger partial charge in [0.05, 0.1) is 33.4 Å². The Morgan fingerprint density at radius 2 is 2.00 bits per heavy atom. The van der Waals surface area contributed by atoms with E-state index in [-0.39, 0.29) is 0 Å². The lowest BCUT2D eigenvalue weighted by Gasteiger charge is -2.28. The summed E-state index contributed by atoms with van der Waals surface area (Å²) in [5.41, 5.74) is 1.11. The standard InChI is InChI=1S/C11H22NO/c1-11(2)10-13-9-8-12(3)6-4-5-7-12/h1,4-10H2,2-3H3/q+1. The molecular formula is C11H22NO+. The molecule has 2 heteroatoms. The first kappa shape index (κ1) is 10.7. The zero-order valence-electron chi connectivity index (χ0n) is 9.01. The fraction of sp³-hybridized carbons (Fsp3) is 0.818. The van der Waals surface area contributed by atoms with Gasteiger partial charge in [0.25, 0.3) is 0 Å². The van der Waals surface area contributed by atoms with Crippen LogP contribution in [0.25, 0.3) is 0 Å². The van der Waals surface area contributed by atoms with E-state index in [1.807, 2.05) is 6.92 Å². The maximum Gasteiger partial charge on any atom is 0.102 e. The Bertz CT molecular complexity index is 171. The van der Waals surface area contributed by atoms with Gasteiger partial charge in [0.15, 0.2) is 0 Å². The molecule has 0 aromatic heterocycles. The van der Waals surface area contributed by atoms with Gasteiger partial charge in [-0.05, 0) is 6.92 Å². The number of ether oxygens (including phenoxy) is 1. The molecule has 0 radical (unpaired) electrons. The molecule has 0 unspecified atom stereocenters. The Hall–Kier alpha value is -0.340. The average molecular weight is 184 g/mol. The molecule has 1 fully saturated rings. The van der Waals surface area contributed by atoms with Gasteiger partial charge in [-0.15, -0.1) is 0 Å². The van der Waals surface area contributed by atoms with Gasteiger partial charge in [0.1, 0.15) is 6.54 Å². The van der Waals surface area contributed by atoms with E-state index in [0.29, 0.717) is 0 Å². The van der Waals surface area contributed by atoms with Crippen LogP contribution in [0, 0.1) is 0 Å². The normalized spacial score (nSPS) is 20.5. The number of hydrogen-bond acceptors (Lipinski definition) is 1. The fourth-order valence-electron chi connectivity index (χ4n) is 1.85. The summed E-state index contributed by atoms with van der Waals surface area (Å²) in [6, 6.07) is 0. The highest BCUT2D eigenvalue weighted by molar-refractivity contribution is 4.87. The van der Waals surface area contributed by atoms with Crippen LogP contribution >= 0.6 is 0 Å². The van der Waals surface area contributed by atoms with Gasteiger partial charge in [0, 0.05) is 12.8 Å². The van der Waals surface area contributed by atoms with Gasteiger partial charge >= 0.3 is 0 Å². The van der Waals surface area contributed by atoms with Gasteiger partial charge in [-0.2, -0.15) is 0 Å². The summed E-state index contributed by atoms with van der Waals surface area (Å²) in [6.07, 6.45) is 2.77. The minimum Gasteiger partial charge on any atom is -0.371 e. The maximum atomic E-state index is 5.51. The molecule has 1 aliphatic heterocycles. The van der Waals surface area contributed by atoms with Crippen molar-refractivity contribution in [2.75, 3.05) is 39.9 Å². The Labute approximate surface area is 81.8 Å². The van der Waals surface area contributed by atoms with E-state index in [9.17, 15) is 0 Å². The third-order valence-corrected chi connectivity index (χ3v) is 2.77. The lowest BCUT2D eigenvalue weighted by molar-refractivity contribution is -0.898. The summed E-state index contributed by atoms with van der Waals surface area (Å²) < 4.78 is 6.71. The summed E-state index contributed by atoms with van der Waals surface area (Å²) >= 11 is 0. The maximum absolute atomic E-state index is 5.51. The minimum absolute atomic E-state index is 0.722. The molecule has 0 atom stereocenters. The molecule has 0 amide bonds. The van der Waals surface area contributed by atoms with Crippen molar-refractivity contribution in [3.8, 4) is 0 Å². The second-order valence-electron chi connectivity index (χ2n) is 4.51. The first-order valence-electron chi connectivity index (χ1n) is 5.18. The van der Waals surface area contributed by atoms with Crippen LogP contribution in [-0.4, -0.2) is 44.4 Å². The van der Waals surface area contributed by atoms with Gasteiger partial charge in [-0.3, -0.25) is 0 Å². The quantitative estimate of drug-likeness (QED) is 0.360. The van der Waals surface area contributed by atoms with Gasteiger partial charge in [0.2, 0.25) is 0 Å². The van der Waals surface area contributed by atoms with Crippen molar-refractivity contribution in [1.29, 1.82) is 0 Å². The molecule has 2 nitrogen and oxygen atoms in total. The number of likely N-dealkylation sites (N-methyl/N-ethyl adjacent to an activating group) is 1. The summed E-state index contributed by atoms with van der Waals surface area (Å²) in [5.74, 6) is 0. The average Bonchev–Trinajstić information content (AvgIpc) is 2.47. The van der Waals surface area contributed by atoms with Crippen molar-refractivity contribution in [2.45, 2.75) is 19.8 Å². The molecule has 13 heavy (non-hydrogen) atoms. The van der Waals surface area contributed by atoms with Crippen molar-refractivity contribution in [1.82, 2.24) is 0 Å². The predicted molar refractivity (Wildman–Crippen MR) is 55.7 cm³/mol. The molecule has 0 aromatic carbocycles. The molecule has 0 bridgehead atoms. The second kappa shape index (κ2) is 4.77. The van der Waals surface area contributed by atoms with Gasteiger partial charge in [-0.1, -0.05) is 12.2 Å². The van der Waals surface area contributed by atoms with Crippen LogP contribution in [-0.2, 0) is 4.74 Å². The molecule has 0 aromatic rings. The molecule has 0 spiro atoms. The summed E-state index contributed by atoms with van der Waals surface area (Å²) in [4.78, 5) is 0. The first-order chi connectivity index (χ1) is 6.12. The monoisotopic (exact) mass is 184 g/mol. The van der Waals surface area contributed by atoms with Crippen LogP contribution in [0.5, 0.6) is 0 Å². The Morgan fingerprint density at radius 3 is 2.54 bits per heavy atom. The largest absolute Gasteiger partial charge is 0.371 e. The van der Waals surface area contributed by atoms with E-state index in [0.717, 1.165) is 25.3 Å². The molecule has 0 saturated carbocycles. The number of likely N-dealkylation sites (tertiary alicyclic amines) is 1. The first-order valence-corrected chi connectivity index (χ1v) is 5.18. The predicted octanol–water partition coefficient (Wildman–Crippen LogP) is 1.82. The molecular weight excluding hydrogens is 162 g/mol. The molecule has 1 rings (SSSR count). The number of quaternary nitrogens is 1. The topological polar surface area (TPSA) is 9.23 Å². The van der Waals surface area contributed by atoms with Crippen molar-refractivity contribution in [3.63, 3.8) is 0 Å². The smallest absolute Gasteiger partial charge is 0.102 e. The highest BCUT2D eigenvalue weighted by Crippen LogP contribution is 2.15. The minimum atomic E-state index is 0.722. The van der Waals surface area contributed by atoms with Crippen LogP contribution in [0.3, 0.4) is 0 Å². The van der Waals surface area contributed by atoms with Crippen molar-refractivity contribution in [3.05, 3.63) is 12.2 Å². The fourth-order valence-corrected chi connectivity index (χ4v) is 1.85. The third-order valence-electron chi connectivity index (χ3n) is 2.77. The molecule has 1 saturated heterocycles. The van der Waals surface area contributed by atoms with Crippen molar-refractivity contribution >= 4 is 0 Å².